The van der Waals surface area contributed by atoms with E-state index in [9.17, 15) is 19.2 Å². The Balaban J connectivity index is 0.000000103. The number of amides is 5. The van der Waals surface area contributed by atoms with Crippen LogP contribution in [0.4, 0.5) is 16.6 Å². The number of carbonyl (C=O) groups is 4. The number of methoxy groups -OCH3 is 2. The van der Waals surface area contributed by atoms with E-state index < -0.39 is 0 Å². The van der Waals surface area contributed by atoms with Crippen molar-refractivity contribution in [3.8, 4) is 11.5 Å². The number of nitrogens with one attached hydrogen (secondary N) is 8. The van der Waals surface area contributed by atoms with Crippen LogP contribution in [0.25, 0.3) is 77.4 Å². The fourth-order valence-corrected chi connectivity index (χ4v) is 20.9. The van der Waals surface area contributed by atoms with Crippen molar-refractivity contribution in [2.75, 3.05) is 116 Å². The van der Waals surface area contributed by atoms with E-state index in [0.717, 1.165) is 264 Å². The highest BCUT2D eigenvalue weighted by Gasteiger charge is 2.37. The number of ether oxygens (including phenoxy) is 2. The summed E-state index contributed by atoms with van der Waals surface area (Å²) in [7, 11) is 3.35. The van der Waals surface area contributed by atoms with Crippen LogP contribution in [-0.4, -0.2) is 275 Å². The number of carbonyl (C=O) groups excluding carboxylic acids is 4. The molecule has 39 nitrogen and oxygen atoms in total. The zero-order valence-corrected chi connectivity index (χ0v) is 80.6. The van der Waals surface area contributed by atoms with Gasteiger partial charge >= 0.3 is 6.03 Å². The van der Waals surface area contributed by atoms with E-state index in [2.05, 4.69) is 166 Å². The zero-order chi connectivity index (χ0) is 96.7. The van der Waals surface area contributed by atoms with E-state index in [-0.39, 0.29) is 35.7 Å². The Bertz CT molecular complexity index is 7580. The molecule has 10 N–H and O–H groups in total. The van der Waals surface area contributed by atoms with E-state index in [0.29, 0.717) is 57.9 Å². The summed E-state index contributed by atoms with van der Waals surface area (Å²) in [5.74, 6) is 3.19. The molecule has 5 amide bonds. The third-order valence-corrected chi connectivity index (χ3v) is 28.5. The van der Waals surface area contributed by atoms with Crippen molar-refractivity contribution in [3.05, 3.63) is 277 Å². The van der Waals surface area contributed by atoms with Gasteiger partial charge in [-0.15, -0.1) is 0 Å². The van der Waals surface area contributed by atoms with Crippen LogP contribution in [0.3, 0.4) is 0 Å². The standard InChI is InChI=1S/C25H24N4O2.C22H26N6O2.C21H23BrN6O.C14H13N9.C11H12N4O.C9H10N4/c1-31-21-9-7-19(8-10-21)16-29-25-23(15-27-29)22-11-12-28(17-20(22)14-26-25)24(30)13-18-5-3-2-4-6-18;1-30-18-4-2-16(3-5-18)14-26-8-10-27(11-9-26)22(29)28-7-6-19-17(15-28)12-23-21-20(19)13-24-25-21;22-19-17-16-6-9-28(13-15(16)12-24-20(17)26-25-19)21(29)18(14-4-2-1-3-5-14)27-10-7-23-8-11-27;15-14-20-12-10(17-6-18-12)13(21-14)23-2-1-8-7(5-23)3-16-11-9(8)4-19-22-11;1-7(16)15-3-2-9-8(6-15)4-12-11-10(9)5-13-14-11;1-2-10-3-6-4-11-9-8(7(1)6)5-12-13-9/h2-10,14-15H,11-13,16-17H2,1H3;2-5,12-13H,6-11,14-15H2,1H3,(H,23,24,25);1-5,12,18,23H,6-11,13H2,(H,24,25,26);3-4,6H,1-2,5H2,(H,16,19,22)(H3,15,17,18,20,21);4-5H,2-3,6H2,1H3,(H,12,13,14);4-5,10H,1-3H2,(H,11,12,13). The monoisotopic (exact) mass is 1970 g/mol. The Morgan fingerprint density at radius 2 is 0.958 bits per heavy atom. The fourth-order valence-electron chi connectivity index (χ4n) is 20.3. The van der Waals surface area contributed by atoms with Crippen LogP contribution in [0.5, 0.6) is 11.5 Å². The number of hydrogen-bond acceptors (Lipinski definition) is 27. The Hall–Kier alpha value is -15.7. The number of piperazine rings is 2. The number of aromatic nitrogens is 22. The van der Waals surface area contributed by atoms with E-state index in [1.165, 1.54) is 55.5 Å². The molecular weight excluding hydrogens is 1860 g/mol. The number of nitrogens with two attached hydrogens (primary N) is 1. The predicted octanol–water partition coefficient (Wildman–Crippen LogP) is 10.4. The van der Waals surface area contributed by atoms with Crippen LogP contribution in [0.15, 0.2) is 188 Å². The van der Waals surface area contributed by atoms with Gasteiger partial charge in [-0.3, -0.25) is 49.7 Å². The van der Waals surface area contributed by atoms with Gasteiger partial charge in [-0.2, -0.15) is 40.6 Å². The lowest BCUT2D eigenvalue weighted by atomic mass is 9.97. The topological polar surface area (TPSA) is 456 Å². The molecule has 26 rings (SSSR count). The number of halogens is 1. The van der Waals surface area contributed by atoms with Gasteiger partial charge in [-0.25, -0.2) is 44.4 Å². The van der Waals surface area contributed by atoms with Gasteiger partial charge < -0.3 is 60.2 Å². The summed E-state index contributed by atoms with van der Waals surface area (Å²) in [6, 6.07) is 36.2. The number of fused-ring (bicyclic) bond motifs is 19. The highest BCUT2D eigenvalue weighted by Crippen LogP contribution is 2.37. The van der Waals surface area contributed by atoms with Crippen LogP contribution in [0.1, 0.15) is 102 Å². The molecule has 22 heterocycles. The van der Waals surface area contributed by atoms with Crippen molar-refractivity contribution < 1.29 is 28.7 Å². The quantitative estimate of drug-likeness (QED) is 0.0549. The van der Waals surface area contributed by atoms with E-state index in [1.54, 1.807) is 27.5 Å². The Morgan fingerprint density at radius 3 is 1.58 bits per heavy atom. The van der Waals surface area contributed by atoms with Crippen molar-refractivity contribution in [2.45, 2.75) is 110 Å². The highest BCUT2D eigenvalue weighted by atomic mass is 79.9. The van der Waals surface area contributed by atoms with E-state index in [4.69, 9.17) is 20.2 Å². The number of aromatic amines is 6. The highest BCUT2D eigenvalue weighted by molar-refractivity contribution is 9.10. The molecule has 14 aromatic heterocycles. The average Bonchev–Trinajstić information content (AvgIpc) is 1.80. The molecule has 2 fully saturated rings. The lowest BCUT2D eigenvalue weighted by molar-refractivity contribution is -0.138. The molecule has 142 heavy (non-hydrogen) atoms. The summed E-state index contributed by atoms with van der Waals surface area (Å²) in [4.78, 5) is 110. The number of H-pyrrole nitrogens is 6. The molecule has 1 atom stereocenters. The first-order chi connectivity index (χ1) is 69.6. The van der Waals surface area contributed by atoms with Crippen molar-refractivity contribution in [3.63, 3.8) is 0 Å². The SMILES string of the molecule is CC(=O)N1CCc2c(cnc3[nH]ncc23)C1.COc1ccc(CN2CCN(C(=O)N3CCc4c(cnc5[nH]ncc45)C3)CC2)cc1.COc1ccc(Cn2ncc3c4c(cnc32)CN(C(=O)Cc2ccccc2)CC4)cc1.Nc1nc(N2CCc3c(cnc4[nH]ncc34)C2)c2[nH]cnc2n1.O=C(C(c1ccccc1)N1CCNCC1)N1CCc2c(cnc3n[nH]c(Br)c23)C1.c1nc2[nH]ncc2c2c1CNCC2. The number of anilines is 2. The summed E-state index contributed by atoms with van der Waals surface area (Å²) < 4.78 is 13.3. The van der Waals surface area contributed by atoms with Crippen molar-refractivity contribution in [1.82, 2.24) is 156 Å². The number of urea groups is 1. The molecule has 724 valence electrons. The molecule has 40 heteroatoms. The number of imidazole rings is 1. The lowest BCUT2D eigenvalue weighted by Crippen LogP contribution is -2.53. The minimum Gasteiger partial charge on any atom is -0.497 e. The van der Waals surface area contributed by atoms with Gasteiger partial charge in [0.15, 0.2) is 45.3 Å². The van der Waals surface area contributed by atoms with Gasteiger partial charge in [-0.05, 0) is 174 Å². The largest absolute Gasteiger partial charge is 0.497 e. The number of rotatable bonds is 12. The average molecular weight is 1970 g/mol. The second-order valence-corrected chi connectivity index (χ2v) is 37.2. The number of nitrogen functional groups attached to an aromatic ring is 1. The summed E-state index contributed by atoms with van der Waals surface area (Å²) in [6.07, 6.45) is 28.0. The molecule has 0 bridgehead atoms. The Kier molecular flexibility index (Phi) is 27.3. The first-order valence-electron chi connectivity index (χ1n) is 48.0. The van der Waals surface area contributed by atoms with Gasteiger partial charge in [0.2, 0.25) is 23.7 Å². The van der Waals surface area contributed by atoms with Crippen LogP contribution in [0, 0.1) is 0 Å². The molecule has 0 saturated carbocycles. The summed E-state index contributed by atoms with van der Waals surface area (Å²) >= 11 is 3.54. The van der Waals surface area contributed by atoms with Gasteiger partial charge in [0.05, 0.1) is 69.9 Å². The lowest BCUT2D eigenvalue weighted by Gasteiger charge is -2.39. The fraction of sp³-hybridized carbons (Fsp3) is 0.324. The summed E-state index contributed by atoms with van der Waals surface area (Å²) in [6.45, 7) is 19.0. The minimum absolute atomic E-state index is 0.123. The molecular formula is C102H108BrN33O6. The predicted molar refractivity (Wildman–Crippen MR) is 539 cm³/mol. The second kappa shape index (κ2) is 41.8. The molecule has 8 aliphatic rings. The van der Waals surface area contributed by atoms with Gasteiger partial charge in [0, 0.05) is 202 Å². The van der Waals surface area contributed by atoms with Crippen LogP contribution in [-0.2, 0) is 112 Å². The van der Waals surface area contributed by atoms with Gasteiger partial charge in [0.1, 0.15) is 27.7 Å². The number of nitrogens with zero attached hydrogens (tertiary/aromatic N) is 24. The summed E-state index contributed by atoms with van der Waals surface area (Å²) in [5.41, 5.74) is 31.4. The third kappa shape index (κ3) is 19.9. The normalized spacial score (nSPS) is 15.9. The molecule has 0 radical (unpaired) electrons. The van der Waals surface area contributed by atoms with E-state index >= 15 is 0 Å². The number of benzene rings is 4. The molecule has 2 saturated heterocycles. The maximum Gasteiger partial charge on any atom is 0.320 e. The van der Waals surface area contributed by atoms with Gasteiger partial charge in [0.25, 0.3) is 0 Å². The van der Waals surface area contributed by atoms with Gasteiger partial charge in [-0.1, -0.05) is 84.9 Å². The maximum atomic E-state index is 13.7. The molecule has 18 aromatic rings. The number of pyridine rings is 6. The molecule has 4 aromatic carbocycles. The molecule has 8 aliphatic heterocycles. The Labute approximate surface area is 823 Å². The van der Waals surface area contributed by atoms with Crippen molar-refractivity contribution >= 4 is 129 Å². The smallest absolute Gasteiger partial charge is 0.320 e. The van der Waals surface area contributed by atoms with Crippen molar-refractivity contribution in [1.29, 1.82) is 0 Å². The molecule has 1 unspecified atom stereocenters. The second-order valence-electron chi connectivity index (χ2n) is 36.4. The zero-order valence-electron chi connectivity index (χ0n) is 79.0. The molecule has 0 aliphatic carbocycles. The van der Waals surface area contributed by atoms with E-state index in [1.807, 2.05) is 182 Å². The van der Waals surface area contributed by atoms with Crippen LogP contribution < -0.4 is 30.7 Å². The Morgan fingerprint density at radius 1 is 0.444 bits per heavy atom. The molecule has 0 spiro atoms. The minimum atomic E-state index is -0.239. The first kappa shape index (κ1) is 92.7. The maximum absolute atomic E-state index is 13.7. The number of hydrogen-bond donors (Lipinski definition) is 9. The van der Waals surface area contributed by atoms with Crippen LogP contribution >= 0.6 is 15.9 Å². The first-order valence-corrected chi connectivity index (χ1v) is 48.8. The third-order valence-electron chi connectivity index (χ3n) is 27.9. The van der Waals surface area contributed by atoms with Crippen molar-refractivity contribution in [2.24, 2.45) is 0 Å². The summed E-state index contributed by atoms with van der Waals surface area (Å²) in [5, 5.41) is 52.8. The van der Waals surface area contributed by atoms with Crippen LogP contribution in [0.2, 0.25) is 0 Å².